The highest BCUT2D eigenvalue weighted by atomic mass is 35.5. The number of anilines is 2. The number of carbonyl (C=O) groups excluding carboxylic acids is 1. The third kappa shape index (κ3) is 7.19. The van der Waals surface area contributed by atoms with Crippen molar-refractivity contribution in [1.82, 2.24) is 9.88 Å². The number of halogens is 1. The van der Waals surface area contributed by atoms with E-state index in [1.807, 2.05) is 24.3 Å². The summed E-state index contributed by atoms with van der Waals surface area (Å²) in [6, 6.07) is 7.91. The third-order valence-corrected chi connectivity index (χ3v) is 6.08. The summed E-state index contributed by atoms with van der Waals surface area (Å²) in [7, 11) is 1.51. The Morgan fingerprint density at radius 2 is 1.89 bits per heavy atom. The summed E-state index contributed by atoms with van der Waals surface area (Å²) in [5.41, 5.74) is 7.38. The van der Waals surface area contributed by atoms with Crippen molar-refractivity contribution in [3.8, 4) is 5.88 Å². The van der Waals surface area contributed by atoms with Gasteiger partial charge in [0.2, 0.25) is 11.7 Å². The Labute approximate surface area is 215 Å². The Hall–Kier alpha value is -3.15. The predicted molar refractivity (Wildman–Crippen MR) is 136 cm³/mol. The molecule has 1 aliphatic rings. The van der Waals surface area contributed by atoms with Crippen LogP contribution in [0.5, 0.6) is 5.88 Å². The monoisotopic (exact) mass is 521 g/mol. The predicted octanol–water partition coefficient (Wildman–Crippen LogP) is 3.42. The van der Waals surface area contributed by atoms with Gasteiger partial charge in [-0.2, -0.15) is 4.98 Å². The molecule has 12 heteroatoms. The van der Waals surface area contributed by atoms with Crippen LogP contribution in [0.25, 0.3) is 0 Å². The van der Waals surface area contributed by atoms with E-state index in [1.165, 1.54) is 30.4 Å². The molecule has 1 fully saturated rings. The molecule has 0 atom stereocenters. The molecule has 36 heavy (non-hydrogen) atoms. The van der Waals surface area contributed by atoms with E-state index in [2.05, 4.69) is 9.88 Å². The molecule has 0 saturated carbocycles. The molecular formula is C24H32ClN5O6. The number of hydrogen-bond donors (Lipinski definition) is 1. The van der Waals surface area contributed by atoms with Crippen LogP contribution < -0.4 is 15.4 Å². The minimum atomic E-state index is -0.667. The molecule has 0 unspecified atom stereocenters. The SMILES string of the molecule is CCOC(=O)CN(Cc1ccc(CN2CCCC2)cc1)c1c(Cl)c(OCCOC)nc(N)c1[N+](=O)[O-]. The number of nitrogens with zero attached hydrogens (tertiary/aromatic N) is 4. The van der Waals surface area contributed by atoms with Gasteiger partial charge in [0.05, 0.1) is 18.1 Å². The smallest absolute Gasteiger partial charge is 0.336 e. The first-order valence-electron chi connectivity index (χ1n) is 11.8. The van der Waals surface area contributed by atoms with Crippen molar-refractivity contribution in [3.63, 3.8) is 0 Å². The van der Waals surface area contributed by atoms with Gasteiger partial charge in [0.1, 0.15) is 23.9 Å². The van der Waals surface area contributed by atoms with Crippen LogP contribution in [-0.4, -0.2) is 67.3 Å². The number of hydrogen-bond acceptors (Lipinski definition) is 10. The van der Waals surface area contributed by atoms with Gasteiger partial charge in [0.25, 0.3) is 0 Å². The van der Waals surface area contributed by atoms with Gasteiger partial charge in [-0.25, -0.2) is 0 Å². The lowest BCUT2D eigenvalue weighted by Crippen LogP contribution is -2.32. The number of esters is 1. The maximum atomic E-state index is 12.5. The number of aromatic nitrogens is 1. The average molecular weight is 522 g/mol. The Kier molecular flexibility index (Phi) is 10.1. The van der Waals surface area contributed by atoms with E-state index in [4.69, 9.17) is 31.5 Å². The average Bonchev–Trinajstić information content (AvgIpc) is 3.35. The number of likely N-dealkylation sites (tertiary alicyclic amines) is 1. The molecule has 196 valence electrons. The molecule has 0 spiro atoms. The fraction of sp³-hybridized carbons (Fsp3) is 0.500. The van der Waals surface area contributed by atoms with E-state index in [0.29, 0.717) is 0 Å². The molecule has 2 N–H and O–H groups in total. The number of nitrogens with two attached hydrogens (primary N) is 1. The van der Waals surface area contributed by atoms with Crippen molar-refractivity contribution >= 4 is 34.8 Å². The van der Waals surface area contributed by atoms with Crippen LogP contribution in [-0.2, 0) is 27.4 Å². The first kappa shape index (κ1) is 27.4. The summed E-state index contributed by atoms with van der Waals surface area (Å²) < 4.78 is 15.6. The highest BCUT2D eigenvalue weighted by molar-refractivity contribution is 6.35. The zero-order valence-electron chi connectivity index (χ0n) is 20.6. The van der Waals surface area contributed by atoms with Gasteiger partial charge in [0, 0.05) is 20.2 Å². The summed E-state index contributed by atoms with van der Waals surface area (Å²) >= 11 is 6.56. The van der Waals surface area contributed by atoms with Crippen LogP contribution in [0.1, 0.15) is 30.9 Å². The molecule has 1 saturated heterocycles. The van der Waals surface area contributed by atoms with Crippen molar-refractivity contribution < 1.29 is 23.9 Å². The van der Waals surface area contributed by atoms with Crippen LogP contribution in [0.2, 0.25) is 5.02 Å². The molecule has 1 aliphatic heterocycles. The minimum absolute atomic E-state index is 0.0595. The van der Waals surface area contributed by atoms with Crippen molar-refractivity contribution in [3.05, 3.63) is 50.5 Å². The zero-order valence-corrected chi connectivity index (χ0v) is 21.3. The lowest BCUT2D eigenvalue weighted by molar-refractivity contribution is -0.383. The van der Waals surface area contributed by atoms with E-state index < -0.39 is 16.6 Å². The van der Waals surface area contributed by atoms with Crippen LogP contribution in [0.4, 0.5) is 17.2 Å². The number of benzene rings is 1. The number of ether oxygens (including phenoxy) is 3. The molecule has 0 amide bonds. The van der Waals surface area contributed by atoms with Gasteiger partial charge in [-0.15, -0.1) is 0 Å². The number of nitrogen functional groups attached to an aromatic ring is 1. The first-order chi connectivity index (χ1) is 17.3. The Bertz CT molecular complexity index is 1050. The van der Waals surface area contributed by atoms with Gasteiger partial charge in [-0.05, 0) is 44.0 Å². The summed E-state index contributed by atoms with van der Waals surface area (Å²) in [4.78, 5) is 31.6. The zero-order chi connectivity index (χ0) is 26.1. The summed E-state index contributed by atoms with van der Waals surface area (Å²) in [6.07, 6.45) is 2.43. The normalized spacial score (nSPS) is 13.5. The van der Waals surface area contributed by atoms with Crippen LogP contribution in [0, 0.1) is 10.1 Å². The maximum absolute atomic E-state index is 12.5. The Balaban J connectivity index is 1.95. The highest BCUT2D eigenvalue weighted by Gasteiger charge is 2.32. The molecule has 2 heterocycles. The van der Waals surface area contributed by atoms with Gasteiger partial charge < -0.3 is 24.8 Å². The molecule has 1 aromatic heterocycles. The van der Waals surface area contributed by atoms with E-state index in [-0.39, 0.29) is 55.3 Å². The lowest BCUT2D eigenvalue weighted by Gasteiger charge is -2.26. The first-order valence-corrected chi connectivity index (χ1v) is 12.2. The third-order valence-electron chi connectivity index (χ3n) is 5.74. The van der Waals surface area contributed by atoms with Crippen LogP contribution >= 0.6 is 11.6 Å². The molecule has 0 radical (unpaired) electrons. The standard InChI is InChI=1S/C24H32ClN5O6/c1-3-35-19(31)16-29(15-18-8-6-17(7-9-18)14-28-10-4-5-11-28)21-20(25)24(36-13-12-34-2)27-23(26)22(21)30(32)33/h6-9H,3-5,10-16H2,1-2H3,(H2,26,27). The van der Waals surface area contributed by atoms with E-state index >= 15 is 0 Å². The lowest BCUT2D eigenvalue weighted by atomic mass is 10.1. The molecule has 1 aromatic carbocycles. The highest BCUT2D eigenvalue weighted by Crippen LogP contribution is 2.44. The molecular weight excluding hydrogens is 490 g/mol. The molecule has 0 aliphatic carbocycles. The summed E-state index contributed by atoms with van der Waals surface area (Å²) in [6.45, 7) is 5.12. The topological polar surface area (TPSA) is 133 Å². The fourth-order valence-corrected chi connectivity index (χ4v) is 4.38. The number of rotatable bonds is 13. The second-order valence-corrected chi connectivity index (χ2v) is 8.75. The van der Waals surface area contributed by atoms with Crippen molar-refractivity contribution in [2.45, 2.75) is 32.9 Å². The van der Waals surface area contributed by atoms with Gasteiger partial charge in [0.15, 0.2) is 0 Å². The Morgan fingerprint density at radius 3 is 2.50 bits per heavy atom. The molecule has 2 aromatic rings. The molecule has 0 bridgehead atoms. The number of methoxy groups -OCH3 is 1. The van der Waals surface area contributed by atoms with Crippen molar-refractivity contribution in [2.24, 2.45) is 0 Å². The van der Waals surface area contributed by atoms with Gasteiger partial charge in [-0.3, -0.25) is 19.8 Å². The van der Waals surface area contributed by atoms with Crippen LogP contribution in [0.15, 0.2) is 24.3 Å². The van der Waals surface area contributed by atoms with Gasteiger partial charge in [-0.1, -0.05) is 35.9 Å². The quantitative estimate of drug-likeness (QED) is 0.181. The van der Waals surface area contributed by atoms with Gasteiger partial charge >= 0.3 is 11.7 Å². The van der Waals surface area contributed by atoms with E-state index in [9.17, 15) is 14.9 Å². The summed E-state index contributed by atoms with van der Waals surface area (Å²) in [5.74, 6) is -1.02. The number of nitro groups is 1. The van der Waals surface area contributed by atoms with Crippen molar-refractivity contribution in [1.29, 1.82) is 0 Å². The molecule has 3 rings (SSSR count). The van der Waals surface area contributed by atoms with E-state index in [0.717, 1.165) is 25.2 Å². The van der Waals surface area contributed by atoms with Crippen LogP contribution in [0.3, 0.4) is 0 Å². The fourth-order valence-electron chi connectivity index (χ4n) is 4.07. The molecule has 11 nitrogen and oxygen atoms in total. The summed E-state index contributed by atoms with van der Waals surface area (Å²) in [5, 5.41) is 11.8. The number of pyridine rings is 1. The maximum Gasteiger partial charge on any atom is 0.336 e. The second kappa shape index (κ2) is 13.2. The minimum Gasteiger partial charge on any atom is -0.474 e. The largest absolute Gasteiger partial charge is 0.474 e. The number of carbonyl (C=O) groups is 1. The van der Waals surface area contributed by atoms with E-state index in [1.54, 1.807) is 6.92 Å². The Morgan fingerprint density at radius 1 is 1.22 bits per heavy atom. The van der Waals surface area contributed by atoms with Crippen molar-refractivity contribution in [2.75, 3.05) is 57.2 Å². The second-order valence-electron chi connectivity index (χ2n) is 8.37.